The van der Waals surface area contributed by atoms with Crippen molar-refractivity contribution in [2.45, 2.75) is 84.3 Å². The minimum Gasteiger partial charge on any atom is -0.445 e. The maximum absolute atomic E-state index is 12.0. The van der Waals surface area contributed by atoms with Gasteiger partial charge in [0.15, 0.2) is 0 Å². The van der Waals surface area contributed by atoms with Crippen molar-refractivity contribution in [2.24, 2.45) is 0 Å². The Hall–Kier alpha value is -2.04. The highest BCUT2D eigenvalue weighted by molar-refractivity contribution is 5.85. The highest BCUT2D eigenvalue weighted by Crippen LogP contribution is 2.09. The van der Waals surface area contributed by atoms with Crippen molar-refractivity contribution >= 4 is 12.0 Å². The zero-order valence-electron chi connectivity index (χ0n) is 17.0. The summed E-state index contributed by atoms with van der Waals surface area (Å²) in [5.74, 6) is -0.175. The smallest absolute Gasteiger partial charge is 0.408 e. The molecule has 152 valence electrons. The van der Waals surface area contributed by atoms with E-state index in [9.17, 15) is 9.59 Å². The molecule has 0 radical (unpaired) electrons. The molecule has 1 rings (SSSR count). The number of unbranched alkanes of at least 4 members (excludes halogenated alkanes) is 8. The van der Waals surface area contributed by atoms with E-state index in [1.165, 1.54) is 44.9 Å². The Bertz CT molecular complexity index is 520. The molecule has 1 aromatic carbocycles. The van der Waals surface area contributed by atoms with Crippen LogP contribution >= 0.6 is 0 Å². The van der Waals surface area contributed by atoms with Gasteiger partial charge < -0.3 is 15.4 Å². The topological polar surface area (TPSA) is 67.4 Å². The van der Waals surface area contributed by atoms with Gasteiger partial charge in [0.25, 0.3) is 0 Å². The highest BCUT2D eigenvalue weighted by atomic mass is 16.5. The van der Waals surface area contributed by atoms with Crippen LogP contribution in [0, 0.1) is 0 Å². The van der Waals surface area contributed by atoms with Crippen molar-refractivity contribution in [3.63, 3.8) is 0 Å². The molecule has 0 aromatic heterocycles. The lowest BCUT2D eigenvalue weighted by atomic mass is 10.1. The Kier molecular flexibility index (Phi) is 12.8. The summed E-state index contributed by atoms with van der Waals surface area (Å²) in [7, 11) is 0. The minimum atomic E-state index is -0.605. The molecule has 2 N–H and O–H groups in total. The van der Waals surface area contributed by atoms with Gasteiger partial charge in [0, 0.05) is 6.54 Å². The van der Waals surface area contributed by atoms with Crippen LogP contribution in [0.2, 0.25) is 0 Å². The number of carbonyl (C=O) groups is 2. The van der Waals surface area contributed by atoms with Crippen molar-refractivity contribution < 1.29 is 14.3 Å². The summed E-state index contributed by atoms with van der Waals surface area (Å²) >= 11 is 0. The minimum absolute atomic E-state index is 0.175. The van der Waals surface area contributed by atoms with Crippen molar-refractivity contribution in [3.8, 4) is 0 Å². The number of ether oxygens (including phenoxy) is 1. The number of rotatable bonds is 14. The normalized spacial score (nSPS) is 11.6. The van der Waals surface area contributed by atoms with Gasteiger partial charge in [-0.05, 0) is 18.9 Å². The summed E-state index contributed by atoms with van der Waals surface area (Å²) in [4.78, 5) is 23.8. The number of benzene rings is 1. The number of carbonyl (C=O) groups excluding carboxylic acids is 2. The van der Waals surface area contributed by atoms with Crippen LogP contribution in [0.3, 0.4) is 0 Å². The van der Waals surface area contributed by atoms with Gasteiger partial charge in [-0.15, -0.1) is 0 Å². The average molecular weight is 377 g/mol. The summed E-state index contributed by atoms with van der Waals surface area (Å²) < 4.78 is 5.12. The van der Waals surface area contributed by atoms with Crippen LogP contribution in [0.5, 0.6) is 0 Å². The predicted octanol–water partition coefficient (Wildman–Crippen LogP) is 4.95. The predicted molar refractivity (Wildman–Crippen MR) is 109 cm³/mol. The molecule has 5 heteroatoms. The number of hydrogen-bond donors (Lipinski definition) is 2. The largest absolute Gasteiger partial charge is 0.445 e. The maximum atomic E-state index is 12.0. The number of hydrogen-bond acceptors (Lipinski definition) is 3. The molecule has 1 aromatic rings. The van der Waals surface area contributed by atoms with Gasteiger partial charge in [0.1, 0.15) is 12.6 Å². The Morgan fingerprint density at radius 2 is 1.52 bits per heavy atom. The van der Waals surface area contributed by atoms with Crippen LogP contribution in [0.4, 0.5) is 4.79 Å². The SMILES string of the molecule is CCCCCCCCCCCNC(=O)C(C)NC(=O)OCc1ccccc1. The second-order valence-electron chi connectivity index (χ2n) is 7.05. The molecule has 0 heterocycles. The lowest BCUT2D eigenvalue weighted by molar-refractivity contribution is -0.122. The van der Waals surface area contributed by atoms with Crippen LogP contribution in [-0.2, 0) is 16.1 Å². The molecule has 0 saturated carbocycles. The van der Waals surface area contributed by atoms with Crippen molar-refractivity contribution in [1.29, 1.82) is 0 Å². The average Bonchev–Trinajstić information content (AvgIpc) is 2.68. The van der Waals surface area contributed by atoms with E-state index in [0.717, 1.165) is 18.4 Å². The van der Waals surface area contributed by atoms with E-state index in [0.29, 0.717) is 6.54 Å². The van der Waals surface area contributed by atoms with Crippen LogP contribution in [0.1, 0.15) is 77.2 Å². The van der Waals surface area contributed by atoms with Gasteiger partial charge in [-0.2, -0.15) is 0 Å². The molecule has 0 fully saturated rings. The molecule has 0 saturated heterocycles. The van der Waals surface area contributed by atoms with Crippen molar-refractivity contribution in [1.82, 2.24) is 10.6 Å². The van der Waals surface area contributed by atoms with Gasteiger partial charge >= 0.3 is 6.09 Å². The quantitative estimate of drug-likeness (QED) is 0.452. The Balaban J connectivity index is 2.01. The van der Waals surface area contributed by atoms with Crippen LogP contribution in [-0.4, -0.2) is 24.6 Å². The second kappa shape index (κ2) is 15.1. The summed E-state index contributed by atoms with van der Waals surface area (Å²) in [6.07, 6.45) is 10.7. The van der Waals surface area contributed by atoms with Gasteiger partial charge in [0.2, 0.25) is 5.91 Å². The third-order valence-corrected chi connectivity index (χ3v) is 4.52. The number of nitrogens with one attached hydrogen (secondary N) is 2. The molecule has 0 aliphatic rings. The van der Waals surface area contributed by atoms with E-state index in [4.69, 9.17) is 4.74 Å². The third kappa shape index (κ3) is 12.1. The van der Waals surface area contributed by atoms with Crippen LogP contribution in [0.25, 0.3) is 0 Å². The molecule has 0 aliphatic carbocycles. The second-order valence-corrected chi connectivity index (χ2v) is 7.05. The molecule has 5 nitrogen and oxygen atoms in total. The van der Waals surface area contributed by atoms with E-state index in [-0.39, 0.29) is 12.5 Å². The van der Waals surface area contributed by atoms with Gasteiger partial charge in [-0.3, -0.25) is 4.79 Å². The third-order valence-electron chi connectivity index (χ3n) is 4.52. The molecule has 0 aliphatic heterocycles. The zero-order chi connectivity index (χ0) is 19.7. The summed E-state index contributed by atoms with van der Waals surface area (Å²) in [5.41, 5.74) is 0.912. The molecular formula is C22H36N2O3. The molecular weight excluding hydrogens is 340 g/mol. The first kappa shape index (κ1) is 23.0. The lowest BCUT2D eigenvalue weighted by Gasteiger charge is -2.14. The van der Waals surface area contributed by atoms with E-state index >= 15 is 0 Å². The Morgan fingerprint density at radius 1 is 0.926 bits per heavy atom. The van der Waals surface area contributed by atoms with E-state index in [1.807, 2.05) is 30.3 Å². The fraction of sp³-hybridized carbons (Fsp3) is 0.636. The maximum Gasteiger partial charge on any atom is 0.408 e. The molecule has 1 atom stereocenters. The van der Waals surface area contributed by atoms with E-state index < -0.39 is 12.1 Å². The van der Waals surface area contributed by atoms with E-state index in [1.54, 1.807) is 6.92 Å². The lowest BCUT2D eigenvalue weighted by Crippen LogP contribution is -2.45. The molecule has 1 unspecified atom stereocenters. The first-order valence-corrected chi connectivity index (χ1v) is 10.4. The number of alkyl carbamates (subject to hydrolysis) is 1. The first-order valence-electron chi connectivity index (χ1n) is 10.4. The highest BCUT2D eigenvalue weighted by Gasteiger charge is 2.15. The molecule has 2 amide bonds. The van der Waals surface area contributed by atoms with Crippen molar-refractivity contribution in [2.75, 3.05) is 6.54 Å². The standard InChI is InChI=1S/C22H36N2O3/c1-3-4-5-6-7-8-9-10-14-17-23-21(25)19(2)24-22(26)27-18-20-15-12-11-13-16-20/h11-13,15-16,19H,3-10,14,17-18H2,1-2H3,(H,23,25)(H,24,26). The Labute approximate surface area is 164 Å². The molecule has 0 spiro atoms. The molecule has 0 bridgehead atoms. The van der Waals surface area contributed by atoms with Gasteiger partial charge in [-0.25, -0.2) is 4.79 Å². The summed E-state index contributed by atoms with van der Waals surface area (Å²) in [6, 6.07) is 8.84. The van der Waals surface area contributed by atoms with Crippen LogP contribution < -0.4 is 10.6 Å². The van der Waals surface area contributed by atoms with Crippen molar-refractivity contribution in [3.05, 3.63) is 35.9 Å². The zero-order valence-corrected chi connectivity index (χ0v) is 17.0. The summed E-state index contributed by atoms with van der Waals surface area (Å²) in [6.45, 7) is 4.74. The van der Waals surface area contributed by atoms with Gasteiger partial charge in [-0.1, -0.05) is 88.6 Å². The molecule has 27 heavy (non-hydrogen) atoms. The monoisotopic (exact) mass is 376 g/mol. The van der Waals surface area contributed by atoms with Gasteiger partial charge in [0.05, 0.1) is 0 Å². The fourth-order valence-electron chi connectivity index (χ4n) is 2.81. The van der Waals surface area contributed by atoms with Crippen LogP contribution in [0.15, 0.2) is 30.3 Å². The summed E-state index contributed by atoms with van der Waals surface area (Å²) in [5, 5.41) is 5.43. The Morgan fingerprint density at radius 3 is 2.15 bits per heavy atom. The number of amides is 2. The fourth-order valence-corrected chi connectivity index (χ4v) is 2.81. The van der Waals surface area contributed by atoms with E-state index in [2.05, 4.69) is 17.6 Å². The first-order chi connectivity index (χ1) is 13.1.